The van der Waals surface area contributed by atoms with Crippen LogP contribution in [-0.4, -0.2) is 11.0 Å². The van der Waals surface area contributed by atoms with Crippen LogP contribution >= 0.6 is 11.3 Å². The molecule has 3 atom stereocenters. The molecule has 3 unspecified atom stereocenters. The van der Waals surface area contributed by atoms with Gasteiger partial charge in [0, 0.05) is 23.2 Å². The van der Waals surface area contributed by atoms with Gasteiger partial charge < -0.3 is 5.32 Å². The molecule has 0 saturated heterocycles. The Morgan fingerprint density at radius 1 is 1.38 bits per heavy atom. The quantitative estimate of drug-likeness (QED) is 0.870. The summed E-state index contributed by atoms with van der Waals surface area (Å²) in [6.07, 6.45) is 6.13. The van der Waals surface area contributed by atoms with E-state index < -0.39 is 0 Å². The molecule has 0 bridgehead atoms. The molecular weight excluding hydrogens is 216 g/mol. The fraction of sp³-hybridized carbons (Fsp3) is 0.769. The van der Waals surface area contributed by atoms with E-state index in [1.54, 1.807) is 11.3 Å². The van der Waals surface area contributed by atoms with Crippen LogP contribution in [0.4, 0.5) is 0 Å². The molecule has 1 aliphatic rings. The minimum Gasteiger partial charge on any atom is -0.306 e. The average molecular weight is 238 g/mol. The molecule has 2 nitrogen and oxygen atoms in total. The van der Waals surface area contributed by atoms with Crippen molar-refractivity contribution in [1.29, 1.82) is 0 Å². The highest BCUT2D eigenvalue weighted by Crippen LogP contribution is 2.31. The van der Waals surface area contributed by atoms with E-state index in [0.29, 0.717) is 12.1 Å². The summed E-state index contributed by atoms with van der Waals surface area (Å²) in [7, 11) is 0. The van der Waals surface area contributed by atoms with Gasteiger partial charge in [-0.05, 0) is 31.6 Å². The molecule has 2 rings (SSSR count). The molecule has 1 aromatic heterocycles. The van der Waals surface area contributed by atoms with E-state index in [1.807, 2.05) is 11.7 Å². The maximum atomic E-state index is 4.15. The molecule has 0 spiro atoms. The zero-order chi connectivity index (χ0) is 11.5. The van der Waals surface area contributed by atoms with Gasteiger partial charge in [0.1, 0.15) is 0 Å². The minimum absolute atomic E-state index is 0.445. The van der Waals surface area contributed by atoms with E-state index in [2.05, 4.69) is 31.1 Å². The first-order chi connectivity index (χ1) is 7.68. The molecule has 1 aliphatic carbocycles. The highest BCUT2D eigenvalue weighted by Gasteiger charge is 2.28. The zero-order valence-corrected chi connectivity index (χ0v) is 11.3. The van der Waals surface area contributed by atoms with Gasteiger partial charge in [-0.15, -0.1) is 11.3 Å². The van der Waals surface area contributed by atoms with E-state index in [0.717, 1.165) is 11.8 Å². The van der Waals surface area contributed by atoms with E-state index in [1.165, 1.54) is 24.1 Å². The largest absolute Gasteiger partial charge is 0.306 e. The summed E-state index contributed by atoms with van der Waals surface area (Å²) < 4.78 is 0. The Labute approximate surface area is 102 Å². The summed E-state index contributed by atoms with van der Waals surface area (Å²) in [4.78, 5) is 5.50. The van der Waals surface area contributed by atoms with Gasteiger partial charge in [0.2, 0.25) is 0 Å². The van der Waals surface area contributed by atoms with Crippen molar-refractivity contribution in [3.8, 4) is 0 Å². The standard InChI is InChI=1S/C13H22N2S/c1-9-5-4-6-10(2)13(9)15-11(3)12-7-14-8-16-12/h7-11,13,15H,4-6H2,1-3H3. The Bertz CT molecular complexity index is 300. The Morgan fingerprint density at radius 3 is 2.62 bits per heavy atom. The number of thiazole rings is 1. The molecule has 16 heavy (non-hydrogen) atoms. The maximum absolute atomic E-state index is 4.15. The molecule has 90 valence electrons. The Balaban J connectivity index is 1.97. The molecule has 1 saturated carbocycles. The van der Waals surface area contributed by atoms with Gasteiger partial charge in [0.15, 0.2) is 0 Å². The van der Waals surface area contributed by atoms with E-state index in [9.17, 15) is 0 Å². The average Bonchev–Trinajstić information content (AvgIpc) is 2.76. The fourth-order valence-corrected chi connectivity index (χ4v) is 3.46. The number of nitrogens with one attached hydrogen (secondary N) is 1. The van der Waals surface area contributed by atoms with Gasteiger partial charge in [-0.1, -0.05) is 20.3 Å². The summed E-state index contributed by atoms with van der Waals surface area (Å²) in [5.74, 6) is 1.61. The molecule has 1 N–H and O–H groups in total. The summed E-state index contributed by atoms with van der Waals surface area (Å²) in [5, 5.41) is 3.79. The topological polar surface area (TPSA) is 24.9 Å². The second-order valence-corrected chi connectivity index (χ2v) is 6.12. The summed E-state index contributed by atoms with van der Waals surface area (Å²) in [6.45, 7) is 7.01. The lowest BCUT2D eigenvalue weighted by atomic mass is 9.78. The Kier molecular flexibility index (Phi) is 3.98. The highest BCUT2D eigenvalue weighted by molar-refractivity contribution is 7.09. The second-order valence-electron chi connectivity index (χ2n) is 5.20. The van der Waals surface area contributed by atoms with Crippen molar-refractivity contribution in [2.75, 3.05) is 0 Å². The van der Waals surface area contributed by atoms with E-state index >= 15 is 0 Å². The van der Waals surface area contributed by atoms with Crippen molar-refractivity contribution >= 4 is 11.3 Å². The lowest BCUT2D eigenvalue weighted by molar-refractivity contribution is 0.196. The number of hydrogen-bond acceptors (Lipinski definition) is 3. The summed E-state index contributed by atoms with van der Waals surface area (Å²) >= 11 is 1.75. The van der Waals surface area contributed by atoms with Crippen LogP contribution in [-0.2, 0) is 0 Å². The van der Waals surface area contributed by atoms with Crippen LogP contribution < -0.4 is 5.32 Å². The van der Waals surface area contributed by atoms with Gasteiger partial charge in [0.05, 0.1) is 5.51 Å². The van der Waals surface area contributed by atoms with Gasteiger partial charge in [-0.3, -0.25) is 4.98 Å². The van der Waals surface area contributed by atoms with Crippen LogP contribution in [0.3, 0.4) is 0 Å². The number of aromatic nitrogens is 1. The number of hydrogen-bond donors (Lipinski definition) is 1. The monoisotopic (exact) mass is 238 g/mol. The van der Waals surface area contributed by atoms with Gasteiger partial charge >= 0.3 is 0 Å². The maximum Gasteiger partial charge on any atom is 0.0794 e. The van der Waals surface area contributed by atoms with Crippen molar-refractivity contribution in [2.24, 2.45) is 11.8 Å². The first kappa shape index (κ1) is 12.1. The van der Waals surface area contributed by atoms with Crippen LogP contribution in [0, 0.1) is 11.8 Å². The molecule has 0 aromatic carbocycles. The SMILES string of the molecule is CC(NC1C(C)CCCC1C)c1cncs1. The number of rotatable bonds is 3. The molecule has 1 aromatic rings. The third-order valence-electron chi connectivity index (χ3n) is 3.87. The van der Waals surface area contributed by atoms with E-state index in [4.69, 9.17) is 0 Å². The predicted octanol–water partition coefficient (Wildman–Crippen LogP) is 3.62. The molecule has 3 heteroatoms. The van der Waals surface area contributed by atoms with Crippen molar-refractivity contribution in [1.82, 2.24) is 10.3 Å². The second kappa shape index (κ2) is 5.28. The van der Waals surface area contributed by atoms with Crippen LogP contribution in [0.1, 0.15) is 51.0 Å². The van der Waals surface area contributed by atoms with Gasteiger partial charge in [0.25, 0.3) is 0 Å². The zero-order valence-electron chi connectivity index (χ0n) is 10.4. The first-order valence-corrected chi connectivity index (χ1v) is 7.21. The summed E-state index contributed by atoms with van der Waals surface area (Å²) in [6, 6.07) is 1.12. The molecule has 0 amide bonds. The van der Waals surface area contributed by atoms with Crippen molar-refractivity contribution in [2.45, 2.75) is 52.1 Å². The van der Waals surface area contributed by atoms with Crippen LogP contribution in [0.15, 0.2) is 11.7 Å². The Morgan fingerprint density at radius 2 is 2.06 bits per heavy atom. The van der Waals surface area contributed by atoms with Crippen molar-refractivity contribution in [3.63, 3.8) is 0 Å². The molecular formula is C13H22N2S. The number of nitrogens with zero attached hydrogens (tertiary/aromatic N) is 1. The van der Waals surface area contributed by atoms with Crippen LogP contribution in [0.5, 0.6) is 0 Å². The molecule has 0 radical (unpaired) electrons. The third-order valence-corrected chi connectivity index (χ3v) is 4.82. The molecule has 0 aliphatic heterocycles. The first-order valence-electron chi connectivity index (χ1n) is 6.33. The van der Waals surface area contributed by atoms with Crippen molar-refractivity contribution < 1.29 is 0 Å². The van der Waals surface area contributed by atoms with Gasteiger partial charge in [-0.2, -0.15) is 0 Å². The van der Waals surface area contributed by atoms with Crippen molar-refractivity contribution in [3.05, 3.63) is 16.6 Å². The molecule has 1 heterocycles. The van der Waals surface area contributed by atoms with Crippen LogP contribution in [0.2, 0.25) is 0 Å². The smallest absolute Gasteiger partial charge is 0.0794 e. The predicted molar refractivity (Wildman–Crippen MR) is 69.6 cm³/mol. The van der Waals surface area contributed by atoms with Gasteiger partial charge in [-0.25, -0.2) is 0 Å². The minimum atomic E-state index is 0.445. The lowest BCUT2D eigenvalue weighted by Gasteiger charge is -2.37. The normalized spacial score (nSPS) is 32.6. The Hall–Kier alpha value is -0.410. The van der Waals surface area contributed by atoms with E-state index in [-0.39, 0.29) is 0 Å². The molecule has 1 fully saturated rings. The lowest BCUT2D eigenvalue weighted by Crippen LogP contribution is -2.43. The fourth-order valence-electron chi connectivity index (χ4n) is 2.82. The van der Waals surface area contributed by atoms with Crippen LogP contribution in [0.25, 0.3) is 0 Å². The third kappa shape index (κ3) is 2.64. The highest BCUT2D eigenvalue weighted by atomic mass is 32.1. The summed E-state index contributed by atoms with van der Waals surface area (Å²) in [5.41, 5.74) is 1.92.